The lowest BCUT2D eigenvalue weighted by molar-refractivity contribution is -0.154. The predicted molar refractivity (Wildman–Crippen MR) is 70.7 cm³/mol. The van der Waals surface area contributed by atoms with Crippen LogP contribution >= 0.6 is 24.0 Å². The van der Waals surface area contributed by atoms with Gasteiger partial charge in [-0.3, -0.25) is 0 Å². The van der Waals surface area contributed by atoms with Crippen LogP contribution in [0.15, 0.2) is 23.3 Å². The third-order valence-corrected chi connectivity index (χ3v) is 1.65. The molecule has 0 saturated heterocycles. The summed E-state index contributed by atoms with van der Waals surface area (Å²) in [5, 5.41) is 0. The summed E-state index contributed by atoms with van der Waals surface area (Å²) in [4.78, 5) is 7.36. The molecule has 0 aromatic carbocycles. The van der Waals surface area contributed by atoms with Gasteiger partial charge in [-0.15, -0.1) is 24.0 Å². The van der Waals surface area contributed by atoms with Crippen molar-refractivity contribution >= 4 is 29.9 Å². The van der Waals surface area contributed by atoms with E-state index >= 15 is 0 Å². The zero-order valence-electron chi connectivity index (χ0n) is 9.15. The first-order valence-electron chi connectivity index (χ1n) is 4.57. The van der Waals surface area contributed by atoms with E-state index in [2.05, 4.69) is 14.7 Å². The summed E-state index contributed by atoms with van der Waals surface area (Å²) in [6.45, 7) is -1.39. The first-order valence-corrected chi connectivity index (χ1v) is 4.57. The quantitative estimate of drug-likeness (QED) is 0.473. The molecule has 5 nitrogen and oxygen atoms in total. The zero-order valence-corrected chi connectivity index (χ0v) is 11.5. The summed E-state index contributed by atoms with van der Waals surface area (Å²) in [6.07, 6.45) is -3.09. The SMILES string of the molecule is I.NC(N)=NCc1cccnc1OCC(F)(F)F. The fourth-order valence-corrected chi connectivity index (χ4v) is 1.00. The molecule has 1 heterocycles. The molecule has 0 spiro atoms. The van der Waals surface area contributed by atoms with Gasteiger partial charge in [0.2, 0.25) is 5.88 Å². The Hall–Kier alpha value is -1.26. The van der Waals surface area contributed by atoms with Crippen molar-refractivity contribution in [2.75, 3.05) is 6.61 Å². The predicted octanol–water partition coefficient (Wildman–Crippen LogP) is 1.41. The summed E-state index contributed by atoms with van der Waals surface area (Å²) in [6, 6.07) is 3.09. The number of aliphatic imine (C=N–C) groups is 1. The molecule has 0 amide bonds. The molecule has 0 saturated carbocycles. The van der Waals surface area contributed by atoms with Crippen molar-refractivity contribution in [3.63, 3.8) is 0 Å². The molecule has 0 aliphatic heterocycles. The monoisotopic (exact) mass is 376 g/mol. The average Bonchev–Trinajstić information content (AvgIpc) is 2.23. The summed E-state index contributed by atoms with van der Waals surface area (Å²) < 4.78 is 40.4. The molecule has 0 fully saturated rings. The number of aromatic nitrogens is 1. The van der Waals surface area contributed by atoms with Gasteiger partial charge in [-0.1, -0.05) is 6.07 Å². The molecule has 18 heavy (non-hydrogen) atoms. The Morgan fingerprint density at radius 3 is 2.61 bits per heavy atom. The second kappa shape index (κ2) is 7.24. The molecule has 0 radical (unpaired) electrons. The first-order chi connectivity index (χ1) is 7.88. The van der Waals surface area contributed by atoms with Crippen LogP contribution < -0.4 is 16.2 Å². The molecule has 0 aliphatic carbocycles. The minimum atomic E-state index is -4.41. The second-order valence-corrected chi connectivity index (χ2v) is 3.11. The van der Waals surface area contributed by atoms with Gasteiger partial charge in [-0.2, -0.15) is 13.2 Å². The smallest absolute Gasteiger partial charge is 0.422 e. The molecule has 102 valence electrons. The van der Waals surface area contributed by atoms with Crippen LogP contribution in [0, 0.1) is 0 Å². The van der Waals surface area contributed by atoms with Gasteiger partial charge in [-0.05, 0) is 6.07 Å². The van der Waals surface area contributed by atoms with Crippen LogP contribution in [0.2, 0.25) is 0 Å². The number of alkyl halides is 3. The maximum Gasteiger partial charge on any atom is 0.422 e. The first kappa shape index (κ1) is 16.7. The number of nitrogens with zero attached hydrogens (tertiary/aromatic N) is 2. The van der Waals surface area contributed by atoms with E-state index in [1.165, 1.54) is 12.3 Å². The Bertz CT molecular complexity index is 407. The van der Waals surface area contributed by atoms with Crippen LogP contribution in [-0.2, 0) is 6.54 Å². The highest BCUT2D eigenvalue weighted by molar-refractivity contribution is 14.0. The van der Waals surface area contributed by atoms with E-state index in [1.807, 2.05) is 0 Å². The average molecular weight is 376 g/mol. The van der Waals surface area contributed by atoms with Crippen molar-refractivity contribution in [2.24, 2.45) is 16.5 Å². The lowest BCUT2D eigenvalue weighted by Gasteiger charge is -2.10. The lowest BCUT2D eigenvalue weighted by atomic mass is 10.3. The molecule has 0 aliphatic rings. The largest absolute Gasteiger partial charge is 0.468 e. The van der Waals surface area contributed by atoms with Crippen LogP contribution in [0.5, 0.6) is 5.88 Å². The Morgan fingerprint density at radius 2 is 2.06 bits per heavy atom. The Labute approximate surface area is 118 Å². The van der Waals surface area contributed by atoms with Crippen molar-refractivity contribution in [3.05, 3.63) is 23.9 Å². The van der Waals surface area contributed by atoms with Gasteiger partial charge in [0, 0.05) is 11.8 Å². The highest BCUT2D eigenvalue weighted by Crippen LogP contribution is 2.20. The molecule has 4 N–H and O–H groups in total. The summed E-state index contributed by atoms with van der Waals surface area (Å²) in [7, 11) is 0. The van der Waals surface area contributed by atoms with Gasteiger partial charge in [0.1, 0.15) is 0 Å². The van der Waals surface area contributed by atoms with E-state index in [9.17, 15) is 13.2 Å². The summed E-state index contributed by atoms with van der Waals surface area (Å²) in [5.41, 5.74) is 10.6. The third-order valence-electron chi connectivity index (χ3n) is 1.65. The fraction of sp³-hybridized carbons (Fsp3) is 0.333. The van der Waals surface area contributed by atoms with Crippen molar-refractivity contribution in [2.45, 2.75) is 12.7 Å². The van der Waals surface area contributed by atoms with Gasteiger partial charge in [0.15, 0.2) is 12.6 Å². The number of rotatable bonds is 4. The minimum Gasteiger partial charge on any atom is -0.468 e. The van der Waals surface area contributed by atoms with Crippen molar-refractivity contribution in [3.8, 4) is 5.88 Å². The van der Waals surface area contributed by atoms with Crippen LogP contribution in [0.3, 0.4) is 0 Å². The highest BCUT2D eigenvalue weighted by atomic mass is 127. The van der Waals surface area contributed by atoms with Gasteiger partial charge in [0.05, 0.1) is 6.54 Å². The fourth-order valence-electron chi connectivity index (χ4n) is 1.00. The number of ether oxygens (including phenoxy) is 1. The standard InChI is InChI=1S/C9H11F3N4O.HI/c10-9(11,12)5-17-7-6(2-1-3-15-7)4-16-8(13)14;/h1-3H,4-5H2,(H4,13,14,16);1H. The lowest BCUT2D eigenvalue weighted by Crippen LogP contribution is -2.23. The van der Waals surface area contributed by atoms with Crippen molar-refractivity contribution in [1.29, 1.82) is 0 Å². The van der Waals surface area contributed by atoms with Gasteiger partial charge >= 0.3 is 6.18 Å². The molecular weight excluding hydrogens is 364 g/mol. The second-order valence-electron chi connectivity index (χ2n) is 3.11. The van der Waals surface area contributed by atoms with E-state index < -0.39 is 12.8 Å². The molecule has 9 heteroatoms. The van der Waals surface area contributed by atoms with Crippen LogP contribution in [0.25, 0.3) is 0 Å². The molecular formula is C9H12F3IN4O. The summed E-state index contributed by atoms with van der Waals surface area (Å²) in [5.74, 6) is -0.287. The molecule has 1 aromatic rings. The summed E-state index contributed by atoms with van der Waals surface area (Å²) >= 11 is 0. The Morgan fingerprint density at radius 1 is 1.39 bits per heavy atom. The Balaban J connectivity index is 0.00000289. The van der Waals surface area contributed by atoms with Gasteiger partial charge < -0.3 is 16.2 Å². The van der Waals surface area contributed by atoms with E-state index in [4.69, 9.17) is 11.5 Å². The van der Waals surface area contributed by atoms with E-state index in [0.717, 1.165) is 0 Å². The number of pyridine rings is 1. The molecule has 0 bridgehead atoms. The molecule has 0 unspecified atom stereocenters. The normalized spacial score (nSPS) is 10.4. The Kier molecular flexibility index (Phi) is 6.73. The third kappa shape index (κ3) is 6.47. The van der Waals surface area contributed by atoms with Crippen LogP contribution in [-0.4, -0.2) is 23.7 Å². The van der Waals surface area contributed by atoms with E-state index in [1.54, 1.807) is 6.07 Å². The number of nitrogens with two attached hydrogens (primary N) is 2. The van der Waals surface area contributed by atoms with Gasteiger partial charge in [-0.25, -0.2) is 9.98 Å². The van der Waals surface area contributed by atoms with Crippen LogP contribution in [0.4, 0.5) is 13.2 Å². The number of hydrogen-bond acceptors (Lipinski definition) is 3. The molecule has 1 rings (SSSR count). The molecule has 1 aromatic heterocycles. The van der Waals surface area contributed by atoms with E-state index in [-0.39, 0.29) is 42.4 Å². The number of hydrogen-bond donors (Lipinski definition) is 2. The van der Waals surface area contributed by atoms with Crippen molar-refractivity contribution < 1.29 is 17.9 Å². The van der Waals surface area contributed by atoms with Crippen molar-refractivity contribution in [1.82, 2.24) is 4.98 Å². The highest BCUT2D eigenvalue weighted by Gasteiger charge is 2.29. The van der Waals surface area contributed by atoms with Crippen LogP contribution in [0.1, 0.15) is 5.56 Å². The zero-order chi connectivity index (χ0) is 12.9. The van der Waals surface area contributed by atoms with Gasteiger partial charge in [0.25, 0.3) is 0 Å². The maximum absolute atomic E-state index is 12.0. The number of guanidine groups is 1. The topological polar surface area (TPSA) is 86.5 Å². The van der Waals surface area contributed by atoms with E-state index in [0.29, 0.717) is 5.56 Å². The molecule has 0 atom stereocenters. The maximum atomic E-state index is 12.0. The number of halogens is 4. The minimum absolute atomic E-state index is 0.